The molecule has 1 heterocycles. The molecule has 0 fully saturated rings. The highest BCUT2D eigenvalue weighted by Gasteiger charge is 2.03. The van der Waals surface area contributed by atoms with Gasteiger partial charge in [-0.2, -0.15) is 0 Å². The van der Waals surface area contributed by atoms with E-state index in [0.717, 1.165) is 18.8 Å². The molecule has 2 aromatic rings. The number of hydrogen-bond donors (Lipinski definition) is 1. The Labute approximate surface area is 108 Å². The molecule has 0 aliphatic carbocycles. The lowest BCUT2D eigenvalue weighted by atomic mass is 10.2. The smallest absolute Gasteiger partial charge is 0.0562 e. The maximum Gasteiger partial charge on any atom is 0.0562 e. The van der Waals surface area contributed by atoms with Crippen LogP contribution in [-0.2, 0) is 13.1 Å². The molecular formula is C15H19N3. The number of anilines is 1. The van der Waals surface area contributed by atoms with E-state index in [0.29, 0.717) is 0 Å². The molecule has 0 saturated carbocycles. The number of hydrogen-bond acceptors (Lipinski definition) is 3. The van der Waals surface area contributed by atoms with Crippen LogP contribution >= 0.6 is 0 Å². The summed E-state index contributed by atoms with van der Waals surface area (Å²) in [4.78, 5) is 6.56. The van der Waals surface area contributed by atoms with Crippen molar-refractivity contribution in [2.75, 3.05) is 19.0 Å². The molecular weight excluding hydrogens is 222 g/mol. The molecule has 0 spiro atoms. The van der Waals surface area contributed by atoms with Crippen molar-refractivity contribution in [2.24, 2.45) is 0 Å². The van der Waals surface area contributed by atoms with Crippen molar-refractivity contribution in [2.45, 2.75) is 13.1 Å². The van der Waals surface area contributed by atoms with E-state index in [1.807, 2.05) is 25.4 Å². The van der Waals surface area contributed by atoms with E-state index in [1.165, 1.54) is 11.3 Å². The minimum Gasteiger partial charge on any atom is -0.370 e. The Hall–Kier alpha value is -1.87. The van der Waals surface area contributed by atoms with Crippen molar-refractivity contribution < 1.29 is 0 Å². The van der Waals surface area contributed by atoms with Crippen molar-refractivity contribution in [1.82, 2.24) is 10.3 Å². The van der Waals surface area contributed by atoms with Crippen molar-refractivity contribution in [3.63, 3.8) is 0 Å². The molecule has 0 saturated heterocycles. The van der Waals surface area contributed by atoms with Gasteiger partial charge in [0.15, 0.2) is 0 Å². The molecule has 2 rings (SSSR count). The Morgan fingerprint density at radius 2 is 1.94 bits per heavy atom. The average Bonchev–Trinajstić information content (AvgIpc) is 2.40. The molecule has 3 nitrogen and oxygen atoms in total. The quantitative estimate of drug-likeness (QED) is 0.871. The Balaban J connectivity index is 2.08. The predicted molar refractivity (Wildman–Crippen MR) is 75.5 cm³/mol. The SMILES string of the molecule is CNCc1cc(N(C)Cc2ccccc2)ccn1. The summed E-state index contributed by atoms with van der Waals surface area (Å²) in [5.41, 5.74) is 3.57. The largest absolute Gasteiger partial charge is 0.370 e. The molecule has 0 aliphatic rings. The Kier molecular flexibility index (Phi) is 4.31. The number of pyridine rings is 1. The second kappa shape index (κ2) is 6.17. The van der Waals surface area contributed by atoms with Gasteiger partial charge in [0.1, 0.15) is 0 Å². The first kappa shape index (κ1) is 12.6. The second-order valence-electron chi connectivity index (χ2n) is 4.38. The van der Waals surface area contributed by atoms with Crippen LogP contribution in [0.2, 0.25) is 0 Å². The summed E-state index contributed by atoms with van der Waals surface area (Å²) < 4.78 is 0. The second-order valence-corrected chi connectivity index (χ2v) is 4.38. The molecule has 0 amide bonds. The lowest BCUT2D eigenvalue weighted by Gasteiger charge is -2.19. The zero-order valence-electron chi connectivity index (χ0n) is 10.9. The van der Waals surface area contributed by atoms with Gasteiger partial charge in [0.2, 0.25) is 0 Å². The number of nitrogens with zero attached hydrogens (tertiary/aromatic N) is 2. The van der Waals surface area contributed by atoms with Gasteiger partial charge in [-0.25, -0.2) is 0 Å². The summed E-state index contributed by atoms with van der Waals surface area (Å²) in [7, 11) is 4.04. The van der Waals surface area contributed by atoms with E-state index in [1.54, 1.807) is 0 Å². The maximum absolute atomic E-state index is 4.33. The Morgan fingerprint density at radius 3 is 2.67 bits per heavy atom. The summed E-state index contributed by atoms with van der Waals surface area (Å²) in [6, 6.07) is 14.6. The molecule has 1 aromatic heterocycles. The highest BCUT2D eigenvalue weighted by molar-refractivity contribution is 5.46. The maximum atomic E-state index is 4.33. The van der Waals surface area contributed by atoms with Crippen LogP contribution in [0.25, 0.3) is 0 Å². The third-order valence-corrected chi connectivity index (χ3v) is 2.86. The van der Waals surface area contributed by atoms with Gasteiger partial charge in [-0.15, -0.1) is 0 Å². The van der Waals surface area contributed by atoms with Crippen LogP contribution in [0, 0.1) is 0 Å². The third kappa shape index (κ3) is 3.31. The Morgan fingerprint density at radius 1 is 1.17 bits per heavy atom. The van der Waals surface area contributed by atoms with Gasteiger partial charge in [0.05, 0.1) is 5.69 Å². The monoisotopic (exact) mass is 241 g/mol. The van der Waals surface area contributed by atoms with E-state index in [-0.39, 0.29) is 0 Å². The van der Waals surface area contributed by atoms with Crippen LogP contribution in [0.4, 0.5) is 5.69 Å². The molecule has 1 aromatic carbocycles. The fraction of sp³-hybridized carbons (Fsp3) is 0.267. The Bertz CT molecular complexity index is 482. The van der Waals surface area contributed by atoms with Gasteiger partial charge in [0.25, 0.3) is 0 Å². The van der Waals surface area contributed by atoms with E-state index in [2.05, 4.69) is 52.6 Å². The van der Waals surface area contributed by atoms with Crippen LogP contribution in [0.3, 0.4) is 0 Å². The highest BCUT2D eigenvalue weighted by atomic mass is 15.1. The number of nitrogens with one attached hydrogen (secondary N) is 1. The first-order valence-electron chi connectivity index (χ1n) is 6.14. The lowest BCUT2D eigenvalue weighted by molar-refractivity contribution is 0.788. The van der Waals surface area contributed by atoms with Gasteiger partial charge < -0.3 is 10.2 Å². The molecule has 1 N–H and O–H groups in total. The topological polar surface area (TPSA) is 28.2 Å². The molecule has 0 atom stereocenters. The van der Waals surface area contributed by atoms with Gasteiger partial charge >= 0.3 is 0 Å². The minimum absolute atomic E-state index is 0.799. The van der Waals surface area contributed by atoms with Crippen molar-refractivity contribution in [3.05, 3.63) is 59.9 Å². The molecule has 0 radical (unpaired) electrons. The van der Waals surface area contributed by atoms with Gasteiger partial charge in [-0.3, -0.25) is 4.98 Å². The summed E-state index contributed by atoms with van der Waals surface area (Å²) in [6.07, 6.45) is 1.86. The highest BCUT2D eigenvalue weighted by Crippen LogP contribution is 2.15. The number of benzene rings is 1. The van der Waals surface area contributed by atoms with Gasteiger partial charge in [-0.1, -0.05) is 30.3 Å². The van der Waals surface area contributed by atoms with Gasteiger partial charge in [0, 0.05) is 32.0 Å². The molecule has 0 aliphatic heterocycles. The van der Waals surface area contributed by atoms with E-state index < -0.39 is 0 Å². The summed E-state index contributed by atoms with van der Waals surface area (Å²) in [5.74, 6) is 0. The summed E-state index contributed by atoms with van der Waals surface area (Å²) in [5, 5.41) is 3.12. The molecule has 0 bridgehead atoms. The number of aromatic nitrogens is 1. The molecule has 94 valence electrons. The number of rotatable bonds is 5. The van der Waals surface area contributed by atoms with Gasteiger partial charge in [-0.05, 0) is 24.7 Å². The minimum atomic E-state index is 0.799. The van der Waals surface area contributed by atoms with E-state index in [4.69, 9.17) is 0 Å². The average molecular weight is 241 g/mol. The standard InChI is InChI=1S/C15H19N3/c1-16-11-14-10-15(8-9-17-14)18(2)12-13-6-4-3-5-7-13/h3-10,16H,11-12H2,1-2H3. The van der Waals surface area contributed by atoms with E-state index in [9.17, 15) is 0 Å². The van der Waals surface area contributed by atoms with Crippen molar-refractivity contribution in [3.8, 4) is 0 Å². The van der Waals surface area contributed by atoms with Crippen LogP contribution in [0.5, 0.6) is 0 Å². The van der Waals surface area contributed by atoms with Crippen LogP contribution in [0.1, 0.15) is 11.3 Å². The molecule has 0 unspecified atom stereocenters. The molecule has 18 heavy (non-hydrogen) atoms. The predicted octanol–water partition coefficient (Wildman–Crippen LogP) is 2.44. The molecule has 3 heteroatoms. The van der Waals surface area contributed by atoms with Crippen LogP contribution in [-0.4, -0.2) is 19.1 Å². The summed E-state index contributed by atoms with van der Waals surface area (Å²) in [6.45, 7) is 1.71. The first-order valence-corrected chi connectivity index (χ1v) is 6.14. The summed E-state index contributed by atoms with van der Waals surface area (Å²) >= 11 is 0. The lowest BCUT2D eigenvalue weighted by Crippen LogP contribution is -2.17. The first-order chi connectivity index (χ1) is 8.79. The van der Waals surface area contributed by atoms with Crippen LogP contribution in [0.15, 0.2) is 48.7 Å². The normalized spacial score (nSPS) is 10.3. The zero-order chi connectivity index (χ0) is 12.8. The zero-order valence-corrected chi connectivity index (χ0v) is 10.9. The van der Waals surface area contributed by atoms with Crippen LogP contribution < -0.4 is 10.2 Å². The fourth-order valence-electron chi connectivity index (χ4n) is 1.93. The van der Waals surface area contributed by atoms with Crippen molar-refractivity contribution in [1.29, 1.82) is 0 Å². The third-order valence-electron chi connectivity index (χ3n) is 2.86. The fourth-order valence-corrected chi connectivity index (χ4v) is 1.93. The van der Waals surface area contributed by atoms with E-state index >= 15 is 0 Å². The van der Waals surface area contributed by atoms with Crippen molar-refractivity contribution >= 4 is 5.69 Å².